The zero-order valence-corrected chi connectivity index (χ0v) is 19.3. The van der Waals surface area contributed by atoms with Gasteiger partial charge in [-0.3, -0.25) is 9.59 Å². The summed E-state index contributed by atoms with van der Waals surface area (Å²) in [6.07, 6.45) is 1.66. The molecule has 2 fully saturated rings. The number of nitrogens with one attached hydrogen (secondary N) is 1. The highest BCUT2D eigenvalue weighted by Gasteiger charge is 2.33. The van der Waals surface area contributed by atoms with E-state index in [2.05, 4.69) is 4.72 Å². The summed E-state index contributed by atoms with van der Waals surface area (Å²) in [4.78, 5) is 26.3. The molecule has 1 amide bonds. The average Bonchev–Trinajstić information content (AvgIpc) is 3.38. The number of nitrogens with zero attached hydrogens (tertiary/aromatic N) is 1. The Morgan fingerprint density at radius 1 is 1.00 bits per heavy atom. The van der Waals surface area contributed by atoms with Crippen molar-refractivity contribution >= 4 is 21.7 Å². The lowest BCUT2D eigenvalue weighted by Crippen LogP contribution is -2.43. The number of carbonyl (C=O) groups is 2. The minimum absolute atomic E-state index is 0.0459. The molecule has 2 heterocycles. The first-order valence-corrected chi connectivity index (χ1v) is 12.5. The van der Waals surface area contributed by atoms with Crippen molar-refractivity contribution in [3.8, 4) is 0 Å². The largest absolute Gasteiger partial charge is 0.350 e. The molecule has 2 aliphatic rings. The average molecular weight is 473 g/mol. The van der Waals surface area contributed by atoms with Gasteiger partial charge >= 0.3 is 0 Å². The number of rotatable bonds is 7. The standard InChI is InChI=1S/C24H28N2O6S/c1-17(27)19-8-10-22(11-9-19)33(29,30)25-15-18-4-6-20(7-5-18)23(28)26-12-2-3-21(16-26)24-31-13-14-32-24/h4-11,21,24-25H,2-3,12-16H2,1H3. The van der Waals surface area contributed by atoms with Crippen LogP contribution in [0.3, 0.4) is 0 Å². The second-order valence-corrected chi connectivity index (χ2v) is 10.1. The normalized spacial score (nSPS) is 19.5. The van der Waals surface area contributed by atoms with E-state index in [9.17, 15) is 18.0 Å². The highest BCUT2D eigenvalue weighted by atomic mass is 32.2. The van der Waals surface area contributed by atoms with Crippen molar-refractivity contribution in [1.82, 2.24) is 9.62 Å². The molecule has 176 valence electrons. The number of piperidine rings is 1. The Bertz CT molecular complexity index is 1090. The molecule has 2 aromatic carbocycles. The summed E-state index contributed by atoms with van der Waals surface area (Å²) in [7, 11) is -3.72. The number of Topliss-reactive ketones (excluding diaryl/α,β-unsaturated/α-hetero) is 1. The fraction of sp³-hybridized carbons (Fsp3) is 0.417. The smallest absolute Gasteiger partial charge is 0.253 e. The maximum atomic E-state index is 13.0. The van der Waals surface area contributed by atoms with Crippen LogP contribution in [0.4, 0.5) is 0 Å². The molecule has 0 saturated carbocycles. The molecule has 1 N–H and O–H groups in total. The van der Waals surface area contributed by atoms with Crippen molar-refractivity contribution in [1.29, 1.82) is 0 Å². The van der Waals surface area contributed by atoms with Crippen molar-refractivity contribution in [3.05, 3.63) is 65.2 Å². The van der Waals surface area contributed by atoms with Crippen LogP contribution in [0, 0.1) is 5.92 Å². The molecular weight excluding hydrogens is 444 g/mol. The van der Waals surface area contributed by atoms with E-state index < -0.39 is 10.0 Å². The van der Waals surface area contributed by atoms with E-state index in [1.165, 1.54) is 31.2 Å². The van der Waals surface area contributed by atoms with Crippen LogP contribution in [0.15, 0.2) is 53.4 Å². The van der Waals surface area contributed by atoms with Gasteiger partial charge in [0.2, 0.25) is 10.0 Å². The summed E-state index contributed by atoms with van der Waals surface area (Å²) < 4.78 is 38.8. The maximum absolute atomic E-state index is 13.0. The highest BCUT2D eigenvalue weighted by molar-refractivity contribution is 7.89. The Balaban J connectivity index is 1.34. The van der Waals surface area contributed by atoms with Gasteiger partial charge in [-0.2, -0.15) is 0 Å². The number of benzene rings is 2. The Morgan fingerprint density at radius 2 is 1.64 bits per heavy atom. The predicted molar refractivity (Wildman–Crippen MR) is 121 cm³/mol. The van der Waals surface area contributed by atoms with Crippen LogP contribution in [-0.2, 0) is 26.0 Å². The van der Waals surface area contributed by atoms with Crippen LogP contribution in [0.1, 0.15) is 46.0 Å². The molecule has 0 aromatic heterocycles. The third-order valence-corrected chi connectivity index (χ3v) is 7.43. The second-order valence-electron chi connectivity index (χ2n) is 8.37. The number of carbonyl (C=O) groups excluding carboxylic acids is 2. The Morgan fingerprint density at radius 3 is 2.27 bits per heavy atom. The zero-order valence-electron chi connectivity index (χ0n) is 18.5. The van der Waals surface area contributed by atoms with Crippen molar-refractivity contribution in [2.24, 2.45) is 5.92 Å². The fourth-order valence-corrected chi connectivity index (χ4v) is 5.16. The summed E-state index contributed by atoms with van der Waals surface area (Å²) in [6, 6.07) is 12.8. The van der Waals surface area contributed by atoms with Crippen LogP contribution in [0.2, 0.25) is 0 Å². The number of hydrogen-bond donors (Lipinski definition) is 1. The summed E-state index contributed by atoms with van der Waals surface area (Å²) in [5, 5.41) is 0. The minimum atomic E-state index is -3.72. The third kappa shape index (κ3) is 5.67. The van der Waals surface area contributed by atoms with E-state index in [-0.39, 0.29) is 35.3 Å². The highest BCUT2D eigenvalue weighted by Crippen LogP contribution is 2.26. The molecule has 8 nitrogen and oxygen atoms in total. The van der Waals surface area contributed by atoms with E-state index in [0.717, 1.165) is 18.4 Å². The number of ketones is 1. The van der Waals surface area contributed by atoms with Crippen LogP contribution in [-0.4, -0.2) is 57.6 Å². The Hall–Kier alpha value is -2.59. The molecule has 0 aliphatic carbocycles. The molecule has 2 aromatic rings. The van der Waals surface area contributed by atoms with Gasteiger partial charge in [-0.25, -0.2) is 13.1 Å². The van der Waals surface area contributed by atoms with Crippen molar-refractivity contribution in [2.45, 2.75) is 37.5 Å². The lowest BCUT2D eigenvalue weighted by Gasteiger charge is -2.34. The molecule has 4 rings (SSSR count). The van der Waals surface area contributed by atoms with Gasteiger partial charge < -0.3 is 14.4 Å². The van der Waals surface area contributed by atoms with Crippen LogP contribution >= 0.6 is 0 Å². The maximum Gasteiger partial charge on any atom is 0.253 e. The van der Waals surface area contributed by atoms with Gasteiger partial charge in [-0.1, -0.05) is 24.3 Å². The van der Waals surface area contributed by atoms with Crippen molar-refractivity contribution in [3.63, 3.8) is 0 Å². The van der Waals surface area contributed by atoms with Gasteiger partial charge in [-0.05, 0) is 49.6 Å². The quantitative estimate of drug-likeness (QED) is 0.622. The van der Waals surface area contributed by atoms with Crippen LogP contribution < -0.4 is 4.72 Å². The van der Waals surface area contributed by atoms with Crippen molar-refractivity contribution < 1.29 is 27.5 Å². The number of likely N-dealkylation sites (tertiary alicyclic amines) is 1. The first-order valence-electron chi connectivity index (χ1n) is 11.1. The molecule has 2 saturated heterocycles. The predicted octanol–water partition coefficient (Wildman–Crippen LogP) is 2.59. The Labute approximate surface area is 193 Å². The topological polar surface area (TPSA) is 102 Å². The van der Waals surface area contributed by atoms with E-state index >= 15 is 0 Å². The van der Waals surface area contributed by atoms with E-state index in [4.69, 9.17) is 9.47 Å². The monoisotopic (exact) mass is 472 g/mol. The third-order valence-electron chi connectivity index (χ3n) is 6.02. The zero-order chi connectivity index (χ0) is 23.4. The lowest BCUT2D eigenvalue weighted by atomic mass is 9.96. The van der Waals surface area contributed by atoms with E-state index in [1.54, 1.807) is 24.3 Å². The Kier molecular flexibility index (Phi) is 7.23. The summed E-state index contributed by atoms with van der Waals surface area (Å²) in [5.41, 5.74) is 1.76. The first-order chi connectivity index (χ1) is 15.8. The summed E-state index contributed by atoms with van der Waals surface area (Å²) in [6.45, 7) is 4.03. The molecule has 33 heavy (non-hydrogen) atoms. The summed E-state index contributed by atoms with van der Waals surface area (Å²) in [5.74, 6) is 0.0144. The van der Waals surface area contributed by atoms with Gasteiger partial charge in [0.15, 0.2) is 12.1 Å². The lowest BCUT2D eigenvalue weighted by molar-refractivity contribution is -0.0969. The van der Waals surface area contributed by atoms with E-state index in [0.29, 0.717) is 37.4 Å². The molecule has 1 unspecified atom stereocenters. The van der Waals surface area contributed by atoms with Crippen molar-refractivity contribution in [2.75, 3.05) is 26.3 Å². The van der Waals surface area contributed by atoms with Gasteiger partial charge in [0.25, 0.3) is 5.91 Å². The molecule has 1 atom stereocenters. The SMILES string of the molecule is CC(=O)c1ccc(S(=O)(=O)NCc2ccc(C(=O)N3CCCC(C4OCCO4)C3)cc2)cc1. The van der Waals surface area contributed by atoms with Gasteiger partial charge in [0.1, 0.15) is 0 Å². The second kappa shape index (κ2) is 10.1. The summed E-state index contributed by atoms with van der Waals surface area (Å²) >= 11 is 0. The van der Waals surface area contributed by atoms with Gasteiger partial charge in [0, 0.05) is 36.7 Å². The molecule has 9 heteroatoms. The molecular formula is C24H28N2O6S. The molecule has 0 bridgehead atoms. The number of ether oxygens (including phenoxy) is 2. The fourth-order valence-electron chi connectivity index (χ4n) is 4.14. The van der Waals surface area contributed by atoms with Crippen LogP contribution in [0.5, 0.6) is 0 Å². The minimum Gasteiger partial charge on any atom is -0.350 e. The van der Waals surface area contributed by atoms with Gasteiger partial charge in [-0.15, -0.1) is 0 Å². The van der Waals surface area contributed by atoms with Gasteiger partial charge in [0.05, 0.1) is 18.1 Å². The molecule has 0 spiro atoms. The molecule has 0 radical (unpaired) electrons. The number of sulfonamides is 1. The molecule has 2 aliphatic heterocycles. The first kappa shape index (κ1) is 23.6. The number of hydrogen-bond acceptors (Lipinski definition) is 6. The van der Waals surface area contributed by atoms with E-state index in [1.807, 2.05) is 4.90 Å². The van der Waals surface area contributed by atoms with Crippen LogP contribution in [0.25, 0.3) is 0 Å². The number of amides is 1.